The van der Waals surface area contributed by atoms with Crippen molar-refractivity contribution in [1.82, 2.24) is 0 Å². The minimum atomic E-state index is -0.614. The molecular formula is C13H19FN2O. The van der Waals surface area contributed by atoms with Crippen LogP contribution in [0.4, 0.5) is 15.8 Å². The van der Waals surface area contributed by atoms with Crippen LogP contribution in [0.25, 0.3) is 0 Å². The third-order valence-corrected chi connectivity index (χ3v) is 3.40. The van der Waals surface area contributed by atoms with Gasteiger partial charge in [-0.3, -0.25) is 0 Å². The molecule has 94 valence electrons. The van der Waals surface area contributed by atoms with Gasteiger partial charge in [-0.2, -0.15) is 0 Å². The van der Waals surface area contributed by atoms with Crippen molar-refractivity contribution in [2.24, 2.45) is 0 Å². The first-order chi connectivity index (χ1) is 7.98. The first kappa shape index (κ1) is 12.2. The van der Waals surface area contributed by atoms with Gasteiger partial charge in [0, 0.05) is 13.1 Å². The number of halogens is 1. The monoisotopic (exact) mass is 238 g/mol. The summed E-state index contributed by atoms with van der Waals surface area (Å²) in [7, 11) is 0. The van der Waals surface area contributed by atoms with E-state index in [-0.39, 0.29) is 5.82 Å². The van der Waals surface area contributed by atoms with Crippen LogP contribution in [0.5, 0.6) is 0 Å². The fraction of sp³-hybridized carbons (Fsp3) is 0.538. The first-order valence-corrected chi connectivity index (χ1v) is 6.00. The van der Waals surface area contributed by atoms with Crippen molar-refractivity contribution in [1.29, 1.82) is 0 Å². The summed E-state index contributed by atoms with van der Waals surface area (Å²) in [6.45, 7) is 3.37. The van der Waals surface area contributed by atoms with E-state index in [0.717, 1.165) is 25.1 Å². The number of benzene rings is 1. The molecule has 0 bridgehead atoms. The zero-order chi connectivity index (χ0) is 12.5. The Balaban J connectivity index is 2.19. The Morgan fingerprint density at radius 1 is 1.35 bits per heavy atom. The van der Waals surface area contributed by atoms with Crippen LogP contribution in [0.15, 0.2) is 18.2 Å². The lowest BCUT2D eigenvalue weighted by molar-refractivity contribution is 0.0481. The Hall–Kier alpha value is -1.29. The van der Waals surface area contributed by atoms with Crippen LogP contribution in [0.2, 0.25) is 0 Å². The van der Waals surface area contributed by atoms with Gasteiger partial charge >= 0.3 is 0 Å². The molecule has 1 heterocycles. The smallest absolute Gasteiger partial charge is 0.125 e. The van der Waals surface area contributed by atoms with Crippen molar-refractivity contribution < 1.29 is 9.50 Å². The maximum atomic E-state index is 13.2. The van der Waals surface area contributed by atoms with Crippen molar-refractivity contribution in [2.45, 2.75) is 31.8 Å². The Labute approximate surface area is 101 Å². The fourth-order valence-corrected chi connectivity index (χ4v) is 2.29. The summed E-state index contributed by atoms with van der Waals surface area (Å²) in [6.07, 6.45) is 2.35. The average molecular weight is 238 g/mol. The molecule has 1 aromatic rings. The second-order valence-corrected chi connectivity index (χ2v) is 5.04. The van der Waals surface area contributed by atoms with Gasteiger partial charge in [-0.05, 0) is 44.4 Å². The van der Waals surface area contributed by atoms with Gasteiger partial charge in [0.15, 0.2) is 0 Å². The summed E-state index contributed by atoms with van der Waals surface area (Å²) in [4.78, 5) is 2.06. The minimum absolute atomic E-state index is 0.273. The van der Waals surface area contributed by atoms with E-state index in [2.05, 4.69) is 4.90 Å². The molecule has 0 saturated carbocycles. The van der Waals surface area contributed by atoms with Crippen molar-refractivity contribution in [2.75, 3.05) is 23.7 Å². The molecule has 0 spiro atoms. The Morgan fingerprint density at radius 2 is 2.12 bits per heavy atom. The maximum Gasteiger partial charge on any atom is 0.125 e. The number of nitrogens with two attached hydrogens (primary N) is 1. The number of rotatable bonds is 1. The fourth-order valence-electron chi connectivity index (χ4n) is 2.29. The zero-order valence-corrected chi connectivity index (χ0v) is 10.1. The second kappa shape index (κ2) is 4.53. The molecular weight excluding hydrogens is 219 g/mol. The van der Waals surface area contributed by atoms with Crippen LogP contribution in [0.3, 0.4) is 0 Å². The number of anilines is 2. The van der Waals surface area contributed by atoms with E-state index in [0.29, 0.717) is 18.7 Å². The topological polar surface area (TPSA) is 49.5 Å². The third-order valence-electron chi connectivity index (χ3n) is 3.40. The van der Waals surface area contributed by atoms with E-state index >= 15 is 0 Å². The highest BCUT2D eigenvalue weighted by Gasteiger charge is 2.25. The van der Waals surface area contributed by atoms with Crippen LogP contribution in [-0.2, 0) is 0 Å². The molecule has 1 aromatic carbocycles. The molecule has 3 N–H and O–H groups in total. The molecule has 1 unspecified atom stereocenters. The van der Waals surface area contributed by atoms with E-state index in [4.69, 9.17) is 5.73 Å². The summed E-state index contributed by atoms with van der Waals surface area (Å²) >= 11 is 0. The number of nitrogen functional groups attached to an aromatic ring is 1. The van der Waals surface area contributed by atoms with Gasteiger partial charge in [0.05, 0.1) is 17.0 Å². The Morgan fingerprint density at radius 3 is 2.88 bits per heavy atom. The molecule has 0 aliphatic carbocycles. The van der Waals surface area contributed by atoms with E-state index in [9.17, 15) is 9.50 Å². The average Bonchev–Trinajstić information content (AvgIpc) is 2.43. The Bertz CT molecular complexity index is 406. The summed E-state index contributed by atoms with van der Waals surface area (Å²) in [5.74, 6) is -0.273. The summed E-state index contributed by atoms with van der Waals surface area (Å²) in [5.41, 5.74) is 6.58. The third kappa shape index (κ3) is 2.88. The molecule has 0 amide bonds. The second-order valence-electron chi connectivity index (χ2n) is 5.04. The van der Waals surface area contributed by atoms with Crippen LogP contribution in [-0.4, -0.2) is 23.8 Å². The van der Waals surface area contributed by atoms with Crippen molar-refractivity contribution in [3.63, 3.8) is 0 Å². The molecule has 4 heteroatoms. The van der Waals surface area contributed by atoms with Gasteiger partial charge in [0.25, 0.3) is 0 Å². The maximum absolute atomic E-state index is 13.2. The van der Waals surface area contributed by atoms with Crippen molar-refractivity contribution in [3.05, 3.63) is 24.0 Å². The van der Waals surface area contributed by atoms with Crippen LogP contribution in [0, 0.1) is 5.82 Å². The van der Waals surface area contributed by atoms with E-state index in [1.807, 2.05) is 6.92 Å². The molecule has 3 nitrogen and oxygen atoms in total. The summed E-state index contributed by atoms with van der Waals surface area (Å²) < 4.78 is 13.2. The molecule has 1 saturated heterocycles. The van der Waals surface area contributed by atoms with E-state index in [1.165, 1.54) is 12.1 Å². The van der Waals surface area contributed by atoms with Crippen LogP contribution in [0.1, 0.15) is 26.2 Å². The van der Waals surface area contributed by atoms with E-state index in [1.54, 1.807) is 6.07 Å². The lowest BCUT2D eigenvalue weighted by Gasteiger charge is -2.25. The molecule has 0 aromatic heterocycles. The lowest BCUT2D eigenvalue weighted by Crippen LogP contribution is -2.28. The highest BCUT2D eigenvalue weighted by molar-refractivity contribution is 5.67. The summed E-state index contributed by atoms with van der Waals surface area (Å²) in [5, 5.41) is 10.0. The largest absolute Gasteiger partial charge is 0.397 e. The van der Waals surface area contributed by atoms with Gasteiger partial charge in [0.1, 0.15) is 5.82 Å². The molecule has 0 radical (unpaired) electrons. The lowest BCUT2D eigenvalue weighted by atomic mass is 9.98. The predicted molar refractivity (Wildman–Crippen MR) is 67.5 cm³/mol. The first-order valence-electron chi connectivity index (χ1n) is 6.00. The summed E-state index contributed by atoms with van der Waals surface area (Å²) in [6, 6.07) is 4.43. The van der Waals surface area contributed by atoms with Gasteiger partial charge in [-0.1, -0.05) is 0 Å². The Kier molecular flexibility index (Phi) is 3.24. The SMILES string of the molecule is CC1(O)CCCN(c2cc(F)ccc2N)CC1. The molecule has 1 aliphatic rings. The highest BCUT2D eigenvalue weighted by atomic mass is 19.1. The number of nitrogens with zero attached hydrogens (tertiary/aromatic N) is 1. The molecule has 2 rings (SSSR count). The number of aliphatic hydroxyl groups is 1. The highest BCUT2D eigenvalue weighted by Crippen LogP contribution is 2.29. The molecule has 1 atom stereocenters. The van der Waals surface area contributed by atoms with E-state index < -0.39 is 5.60 Å². The number of hydrogen-bond donors (Lipinski definition) is 2. The molecule has 1 aliphatic heterocycles. The molecule has 17 heavy (non-hydrogen) atoms. The minimum Gasteiger partial charge on any atom is -0.397 e. The van der Waals surface area contributed by atoms with Crippen molar-refractivity contribution in [3.8, 4) is 0 Å². The molecule has 1 fully saturated rings. The van der Waals surface area contributed by atoms with Gasteiger partial charge < -0.3 is 15.7 Å². The standard InChI is InChI=1S/C13H19FN2O/c1-13(17)5-2-7-16(8-6-13)12-9-10(14)3-4-11(12)15/h3-4,9,17H,2,5-8,15H2,1H3. The quantitative estimate of drug-likeness (QED) is 0.737. The van der Waals surface area contributed by atoms with Gasteiger partial charge in [-0.25, -0.2) is 4.39 Å². The zero-order valence-electron chi connectivity index (χ0n) is 10.1. The van der Waals surface area contributed by atoms with Crippen molar-refractivity contribution >= 4 is 11.4 Å². The van der Waals surface area contributed by atoms with Crippen LogP contribution >= 0.6 is 0 Å². The normalized spacial score (nSPS) is 25.7. The number of hydrogen-bond acceptors (Lipinski definition) is 3. The van der Waals surface area contributed by atoms with Gasteiger partial charge in [-0.15, -0.1) is 0 Å². The van der Waals surface area contributed by atoms with Crippen LogP contribution < -0.4 is 10.6 Å². The predicted octanol–water partition coefficient (Wildman–Crippen LogP) is 2.15. The van der Waals surface area contributed by atoms with Gasteiger partial charge in [0.2, 0.25) is 0 Å².